The summed E-state index contributed by atoms with van der Waals surface area (Å²) in [5, 5.41) is 0. The molecule has 1 aromatic rings. The van der Waals surface area contributed by atoms with Gasteiger partial charge in [0.05, 0.1) is 12.5 Å². The van der Waals surface area contributed by atoms with Crippen LogP contribution in [-0.2, 0) is 28.6 Å². The largest absolute Gasteiger partial charge is 0.388 e. The summed E-state index contributed by atoms with van der Waals surface area (Å²) in [7, 11) is -7.92. The molecule has 0 atom stereocenters. The Morgan fingerprint density at radius 2 is 1.06 bits per heavy atom. The van der Waals surface area contributed by atoms with E-state index in [9.17, 15) is 16.8 Å². The Labute approximate surface area is 105 Å². The van der Waals surface area contributed by atoms with E-state index in [-0.39, 0.29) is 9.79 Å². The highest BCUT2D eigenvalue weighted by atomic mass is 32.2. The van der Waals surface area contributed by atoms with Crippen molar-refractivity contribution in [3.8, 4) is 0 Å². The normalized spacial score (nSPS) is 11.6. The molecule has 6 nitrogen and oxygen atoms in total. The van der Waals surface area contributed by atoms with Crippen molar-refractivity contribution in [1.82, 2.24) is 0 Å². The van der Waals surface area contributed by atoms with Gasteiger partial charge >= 0.3 is 20.2 Å². The molecular formula is C10H10O6S2. The third-order valence-electron chi connectivity index (χ3n) is 1.79. The maximum Gasteiger partial charge on any atom is 0.338 e. The topological polar surface area (TPSA) is 86.7 Å². The van der Waals surface area contributed by atoms with Gasteiger partial charge in [0.1, 0.15) is 9.79 Å². The first-order valence-electron chi connectivity index (χ1n) is 4.52. The van der Waals surface area contributed by atoms with Crippen molar-refractivity contribution in [2.24, 2.45) is 0 Å². The maximum atomic E-state index is 11.4. The molecule has 0 saturated heterocycles. The van der Waals surface area contributed by atoms with Crippen molar-refractivity contribution < 1.29 is 25.2 Å². The minimum Gasteiger partial charge on any atom is -0.388 e. The molecule has 0 spiro atoms. The molecule has 0 heterocycles. The Morgan fingerprint density at radius 3 is 1.28 bits per heavy atom. The summed E-state index contributed by atoms with van der Waals surface area (Å²) in [6, 6.07) is 4.33. The summed E-state index contributed by atoms with van der Waals surface area (Å²) in [6.45, 7) is 6.25. The van der Waals surface area contributed by atoms with Gasteiger partial charge in [-0.3, -0.25) is 0 Å². The first-order valence-corrected chi connectivity index (χ1v) is 7.33. The highest BCUT2D eigenvalue weighted by Crippen LogP contribution is 2.18. The van der Waals surface area contributed by atoms with Gasteiger partial charge in [0.25, 0.3) is 0 Å². The minimum absolute atomic E-state index is 0.194. The summed E-state index contributed by atoms with van der Waals surface area (Å²) < 4.78 is 54.4. The fourth-order valence-corrected chi connectivity index (χ4v) is 2.58. The number of hydrogen-bond donors (Lipinski definition) is 0. The van der Waals surface area contributed by atoms with Crippen LogP contribution >= 0.6 is 0 Å². The molecule has 0 aliphatic carbocycles. The van der Waals surface area contributed by atoms with E-state index < -0.39 is 20.2 Å². The van der Waals surface area contributed by atoms with Gasteiger partial charge in [-0.05, 0) is 24.3 Å². The molecule has 0 saturated carbocycles. The second-order valence-corrected chi connectivity index (χ2v) is 6.05. The zero-order chi connectivity index (χ0) is 13.8. The van der Waals surface area contributed by atoms with Crippen LogP contribution < -0.4 is 0 Å². The molecule has 0 aliphatic heterocycles. The van der Waals surface area contributed by atoms with E-state index in [2.05, 4.69) is 21.5 Å². The average Bonchev–Trinajstić information content (AvgIpc) is 2.29. The standard InChI is InChI=1S/C10H10O6S2/c1-3-15-17(11,12)9-5-7-10(8-6-9)18(13,14)16-4-2/h3-8H,1-2H2. The van der Waals surface area contributed by atoms with Crippen LogP contribution in [0.2, 0.25) is 0 Å². The van der Waals surface area contributed by atoms with E-state index in [0.29, 0.717) is 0 Å². The smallest absolute Gasteiger partial charge is 0.338 e. The monoisotopic (exact) mass is 290 g/mol. The number of rotatable bonds is 6. The lowest BCUT2D eigenvalue weighted by molar-refractivity contribution is 0.441. The molecule has 0 radical (unpaired) electrons. The Balaban J connectivity index is 3.15. The zero-order valence-corrected chi connectivity index (χ0v) is 10.8. The molecule has 0 N–H and O–H groups in total. The lowest BCUT2D eigenvalue weighted by atomic mass is 10.4. The summed E-state index contributed by atoms with van der Waals surface area (Å²) >= 11 is 0. The first-order chi connectivity index (χ1) is 8.33. The Hall–Kier alpha value is -1.80. The lowest BCUT2D eigenvalue weighted by Gasteiger charge is -2.05. The van der Waals surface area contributed by atoms with Gasteiger partial charge in [-0.15, -0.1) is 0 Å². The van der Waals surface area contributed by atoms with Crippen LogP contribution in [0, 0.1) is 0 Å². The average molecular weight is 290 g/mol. The van der Waals surface area contributed by atoms with Crippen LogP contribution in [0.15, 0.2) is 59.7 Å². The summed E-state index contributed by atoms with van der Waals surface area (Å²) in [5.41, 5.74) is 0. The quantitative estimate of drug-likeness (QED) is 0.581. The molecule has 0 fully saturated rings. The van der Waals surface area contributed by atoms with Crippen LogP contribution in [-0.4, -0.2) is 16.8 Å². The van der Waals surface area contributed by atoms with Crippen LogP contribution in [0.1, 0.15) is 0 Å². The third kappa shape index (κ3) is 3.11. The number of benzene rings is 1. The van der Waals surface area contributed by atoms with Crippen LogP contribution in [0.3, 0.4) is 0 Å². The van der Waals surface area contributed by atoms with E-state index in [1.807, 2.05) is 0 Å². The molecule has 0 aromatic heterocycles. The minimum atomic E-state index is -3.96. The van der Waals surface area contributed by atoms with Crippen molar-refractivity contribution in [3.63, 3.8) is 0 Å². The fourth-order valence-electron chi connectivity index (χ4n) is 1.06. The second kappa shape index (κ2) is 5.23. The Morgan fingerprint density at radius 1 is 0.778 bits per heavy atom. The molecule has 0 aliphatic rings. The number of hydrogen-bond acceptors (Lipinski definition) is 6. The summed E-state index contributed by atoms with van der Waals surface area (Å²) in [6.07, 6.45) is 1.53. The van der Waals surface area contributed by atoms with E-state index >= 15 is 0 Å². The van der Waals surface area contributed by atoms with Crippen molar-refractivity contribution in [3.05, 3.63) is 49.9 Å². The van der Waals surface area contributed by atoms with Gasteiger partial charge in [-0.1, -0.05) is 13.2 Å². The Kier molecular flexibility index (Phi) is 4.15. The molecule has 1 aromatic carbocycles. The van der Waals surface area contributed by atoms with Crippen LogP contribution in [0.4, 0.5) is 0 Å². The molecule has 1 rings (SSSR count). The SMILES string of the molecule is C=COS(=O)(=O)c1ccc(S(=O)(=O)OC=C)cc1. The van der Waals surface area contributed by atoms with Crippen molar-refractivity contribution in [1.29, 1.82) is 0 Å². The molecular weight excluding hydrogens is 280 g/mol. The van der Waals surface area contributed by atoms with Crippen molar-refractivity contribution >= 4 is 20.2 Å². The molecule has 98 valence electrons. The van der Waals surface area contributed by atoms with Crippen LogP contribution in [0.5, 0.6) is 0 Å². The molecule has 0 amide bonds. The fraction of sp³-hybridized carbons (Fsp3) is 0. The molecule has 18 heavy (non-hydrogen) atoms. The van der Waals surface area contributed by atoms with Gasteiger partial charge in [0.15, 0.2) is 0 Å². The lowest BCUT2D eigenvalue weighted by Crippen LogP contribution is -2.05. The van der Waals surface area contributed by atoms with Gasteiger partial charge in [-0.2, -0.15) is 16.8 Å². The predicted octanol–water partition coefficient (Wildman–Crippen LogP) is 1.38. The Bertz CT molecular complexity index is 581. The first kappa shape index (κ1) is 14.3. The van der Waals surface area contributed by atoms with Gasteiger partial charge in [-0.25, -0.2) is 0 Å². The molecule has 8 heteroatoms. The van der Waals surface area contributed by atoms with E-state index in [1.54, 1.807) is 0 Å². The van der Waals surface area contributed by atoms with Gasteiger partial charge < -0.3 is 8.37 Å². The third-order valence-corrected chi connectivity index (χ3v) is 4.27. The molecule has 0 unspecified atom stereocenters. The van der Waals surface area contributed by atoms with Gasteiger partial charge in [0.2, 0.25) is 0 Å². The highest BCUT2D eigenvalue weighted by molar-refractivity contribution is 7.87. The van der Waals surface area contributed by atoms with E-state index in [1.165, 1.54) is 0 Å². The summed E-state index contributed by atoms with van der Waals surface area (Å²) in [4.78, 5) is -0.389. The molecule has 0 bridgehead atoms. The second-order valence-electron chi connectivity index (χ2n) is 2.91. The van der Waals surface area contributed by atoms with E-state index in [0.717, 1.165) is 36.8 Å². The van der Waals surface area contributed by atoms with Crippen LogP contribution in [0.25, 0.3) is 0 Å². The predicted molar refractivity (Wildman–Crippen MR) is 63.4 cm³/mol. The van der Waals surface area contributed by atoms with E-state index in [4.69, 9.17) is 0 Å². The van der Waals surface area contributed by atoms with Crippen molar-refractivity contribution in [2.75, 3.05) is 0 Å². The maximum absolute atomic E-state index is 11.4. The highest BCUT2D eigenvalue weighted by Gasteiger charge is 2.18. The van der Waals surface area contributed by atoms with Gasteiger partial charge in [0, 0.05) is 0 Å². The van der Waals surface area contributed by atoms with Crippen molar-refractivity contribution in [2.45, 2.75) is 9.79 Å². The zero-order valence-electron chi connectivity index (χ0n) is 9.14. The summed E-state index contributed by atoms with van der Waals surface area (Å²) in [5.74, 6) is 0.